The summed E-state index contributed by atoms with van der Waals surface area (Å²) in [4.78, 5) is 10.5. The second kappa shape index (κ2) is 3.89. The molecule has 0 aliphatic heterocycles. The van der Waals surface area contributed by atoms with Crippen molar-refractivity contribution in [1.82, 2.24) is 0 Å². The molecule has 5 nitrogen and oxygen atoms in total. The number of carbonyl (C=O) groups is 1. The second-order valence-corrected chi connectivity index (χ2v) is 3.77. The van der Waals surface area contributed by atoms with Crippen molar-refractivity contribution in [3.63, 3.8) is 0 Å². The Labute approximate surface area is 68.9 Å². The van der Waals surface area contributed by atoms with Crippen molar-refractivity contribution in [2.24, 2.45) is 0 Å². The molecule has 0 aromatic carbocycles. The molecule has 0 saturated carbocycles. The maximum atomic E-state index is 10.5. The largest absolute Gasteiger partial charge is 0.467 e. The van der Waals surface area contributed by atoms with Gasteiger partial charge in [-0.25, -0.2) is 8.98 Å². The minimum absolute atomic E-state index is 0.797. The van der Waals surface area contributed by atoms with E-state index in [2.05, 4.69) is 19.6 Å². The van der Waals surface area contributed by atoms with Crippen LogP contribution in [0.4, 0.5) is 0 Å². The summed E-state index contributed by atoms with van der Waals surface area (Å²) in [6.07, 6.45) is -1.21. The summed E-state index contributed by atoms with van der Waals surface area (Å²) in [6.45, 7) is 1.21. The highest BCUT2D eigenvalue weighted by molar-refractivity contribution is 8.10. The van der Waals surface area contributed by atoms with Gasteiger partial charge in [0.1, 0.15) is 0 Å². The first-order valence-corrected chi connectivity index (χ1v) is 4.81. The van der Waals surface area contributed by atoms with Crippen molar-refractivity contribution in [3.05, 3.63) is 0 Å². The maximum absolute atomic E-state index is 10.5. The third-order valence-electron chi connectivity index (χ3n) is 0.792. The number of ether oxygens (including phenoxy) is 1. The molecule has 0 amide bonds. The molecule has 7 heteroatoms. The Balaban J connectivity index is 4.09. The van der Waals surface area contributed by atoms with Gasteiger partial charge in [0.25, 0.3) is 0 Å². The summed E-state index contributed by atoms with van der Waals surface area (Å²) in [5.74, 6) is -0.797. The molecule has 1 atom stereocenters. The fourth-order valence-electron chi connectivity index (χ4n) is 0.378. The number of esters is 1. The summed E-state index contributed by atoms with van der Waals surface area (Å²) in [6, 6.07) is 0. The second-order valence-electron chi connectivity index (χ2n) is 1.65. The lowest BCUT2D eigenvalue weighted by Gasteiger charge is -2.05. The zero-order valence-electron chi connectivity index (χ0n) is 5.90. The van der Waals surface area contributed by atoms with E-state index < -0.39 is 21.4 Å². The Hall–Kier alpha value is -0.330. The van der Waals surface area contributed by atoms with Crippen molar-refractivity contribution in [2.75, 3.05) is 7.11 Å². The van der Waals surface area contributed by atoms with Crippen LogP contribution in [0.5, 0.6) is 0 Å². The molecular weight excluding hydrogens is 196 g/mol. The van der Waals surface area contributed by atoms with Gasteiger partial charge in [-0.1, -0.05) is 0 Å². The molecule has 0 heterocycles. The molecule has 0 aliphatic rings. The molecule has 0 spiro atoms. The van der Waals surface area contributed by atoms with Crippen molar-refractivity contribution in [2.45, 2.75) is 13.0 Å². The van der Waals surface area contributed by atoms with Crippen LogP contribution in [0.15, 0.2) is 0 Å². The van der Waals surface area contributed by atoms with Crippen molar-refractivity contribution < 1.29 is 22.1 Å². The highest BCUT2D eigenvalue weighted by atomic mass is 35.7. The minimum atomic E-state index is -4.11. The predicted octanol–water partition coefficient (Wildman–Crippen LogP) is 0.0481. The zero-order chi connectivity index (χ0) is 9.07. The number of hydrogen-bond donors (Lipinski definition) is 0. The van der Waals surface area contributed by atoms with Crippen LogP contribution in [0.1, 0.15) is 6.92 Å². The van der Waals surface area contributed by atoms with E-state index in [1.807, 2.05) is 0 Å². The molecule has 0 aromatic heterocycles. The minimum Gasteiger partial charge on any atom is -0.467 e. The number of methoxy groups -OCH3 is 1. The lowest BCUT2D eigenvalue weighted by Crippen LogP contribution is -2.23. The van der Waals surface area contributed by atoms with Crippen LogP contribution in [-0.4, -0.2) is 27.6 Å². The monoisotopic (exact) mass is 202 g/mol. The molecule has 0 saturated heterocycles. The first-order valence-electron chi connectivity index (χ1n) is 2.57. The molecule has 66 valence electrons. The van der Waals surface area contributed by atoms with E-state index >= 15 is 0 Å². The van der Waals surface area contributed by atoms with Crippen LogP contribution in [0.25, 0.3) is 0 Å². The lowest BCUT2D eigenvalue weighted by molar-refractivity contribution is -0.147. The molecule has 0 N–H and O–H groups in total. The van der Waals surface area contributed by atoms with Gasteiger partial charge in [0.2, 0.25) is 0 Å². The first-order chi connectivity index (χ1) is 4.87. The third kappa shape index (κ3) is 5.00. The Morgan fingerprint density at radius 3 is 2.27 bits per heavy atom. The summed E-state index contributed by atoms with van der Waals surface area (Å²) >= 11 is 0. The standard InChI is InChI=1S/C4H7ClO5S/c1-3(4(6)9-2)10-11(5,7)8/h3H,1-2H3/t3-/m0/s1. The smallest absolute Gasteiger partial charge is 0.356 e. The summed E-state index contributed by atoms with van der Waals surface area (Å²) in [5, 5.41) is 0. The summed E-state index contributed by atoms with van der Waals surface area (Å²) < 4.78 is 28.6. The van der Waals surface area contributed by atoms with E-state index in [9.17, 15) is 13.2 Å². The molecule has 0 aromatic rings. The molecule has 0 aliphatic carbocycles. The van der Waals surface area contributed by atoms with E-state index in [1.54, 1.807) is 0 Å². The molecule has 0 unspecified atom stereocenters. The van der Waals surface area contributed by atoms with Gasteiger partial charge in [-0.2, -0.15) is 8.42 Å². The highest BCUT2D eigenvalue weighted by Gasteiger charge is 2.20. The van der Waals surface area contributed by atoms with Gasteiger partial charge < -0.3 is 4.74 Å². The molecule has 0 radical (unpaired) electrons. The van der Waals surface area contributed by atoms with Gasteiger partial charge in [-0.15, -0.1) is 0 Å². The fraction of sp³-hybridized carbons (Fsp3) is 0.750. The third-order valence-corrected chi connectivity index (χ3v) is 1.53. The van der Waals surface area contributed by atoms with E-state index in [4.69, 9.17) is 0 Å². The van der Waals surface area contributed by atoms with Gasteiger partial charge in [-0.3, -0.25) is 0 Å². The molecule has 11 heavy (non-hydrogen) atoms. The van der Waals surface area contributed by atoms with Gasteiger partial charge in [-0.05, 0) is 6.92 Å². The Morgan fingerprint density at radius 1 is 1.55 bits per heavy atom. The molecule has 0 rings (SSSR count). The predicted molar refractivity (Wildman–Crippen MR) is 37.3 cm³/mol. The topological polar surface area (TPSA) is 69.7 Å². The van der Waals surface area contributed by atoms with E-state index in [0.29, 0.717) is 0 Å². The normalized spacial score (nSPS) is 14.1. The van der Waals surface area contributed by atoms with Crippen molar-refractivity contribution >= 4 is 26.0 Å². The Bertz CT molecular complexity index is 233. The average Bonchev–Trinajstić information content (AvgIpc) is 1.82. The number of carbonyl (C=O) groups excluding carboxylic acids is 1. The molecule has 0 fully saturated rings. The number of hydrogen-bond acceptors (Lipinski definition) is 5. The van der Waals surface area contributed by atoms with Gasteiger partial charge in [0.05, 0.1) is 7.11 Å². The van der Waals surface area contributed by atoms with Gasteiger partial charge in [0.15, 0.2) is 6.10 Å². The average molecular weight is 203 g/mol. The van der Waals surface area contributed by atoms with Crippen LogP contribution < -0.4 is 0 Å². The molecule has 0 bridgehead atoms. The SMILES string of the molecule is COC(=O)[C@H](C)OS(=O)(=O)Cl. The van der Waals surface area contributed by atoms with Crippen molar-refractivity contribution in [3.8, 4) is 0 Å². The van der Waals surface area contributed by atoms with E-state index in [0.717, 1.165) is 7.11 Å². The first kappa shape index (κ1) is 10.7. The van der Waals surface area contributed by atoms with Gasteiger partial charge >= 0.3 is 15.3 Å². The highest BCUT2D eigenvalue weighted by Crippen LogP contribution is 2.04. The quantitative estimate of drug-likeness (QED) is 0.478. The lowest BCUT2D eigenvalue weighted by atomic mass is 10.4. The Kier molecular flexibility index (Phi) is 3.77. The van der Waals surface area contributed by atoms with Crippen molar-refractivity contribution in [1.29, 1.82) is 0 Å². The maximum Gasteiger partial charge on any atom is 0.356 e. The molecular formula is C4H7ClO5S. The van der Waals surface area contributed by atoms with Crippen LogP contribution in [0.3, 0.4) is 0 Å². The fourth-order valence-corrected chi connectivity index (χ4v) is 1.13. The van der Waals surface area contributed by atoms with Gasteiger partial charge in [0, 0.05) is 10.7 Å². The zero-order valence-corrected chi connectivity index (χ0v) is 7.48. The van der Waals surface area contributed by atoms with Crippen LogP contribution in [0, 0.1) is 0 Å². The van der Waals surface area contributed by atoms with E-state index in [1.165, 1.54) is 6.92 Å². The summed E-state index contributed by atoms with van der Waals surface area (Å²) in [7, 11) is 1.68. The Morgan fingerprint density at radius 2 is 2.00 bits per heavy atom. The summed E-state index contributed by atoms with van der Waals surface area (Å²) in [5.41, 5.74) is 0. The van der Waals surface area contributed by atoms with Crippen LogP contribution in [-0.2, 0) is 23.0 Å². The van der Waals surface area contributed by atoms with E-state index in [-0.39, 0.29) is 0 Å². The number of halogens is 1. The van der Waals surface area contributed by atoms with Crippen LogP contribution in [0.2, 0.25) is 0 Å². The number of rotatable bonds is 3. The van der Waals surface area contributed by atoms with Crippen LogP contribution >= 0.6 is 10.7 Å².